The summed E-state index contributed by atoms with van der Waals surface area (Å²) in [5.74, 6) is 0.621. The van der Waals surface area contributed by atoms with Gasteiger partial charge in [0, 0.05) is 23.4 Å². The fourth-order valence-electron chi connectivity index (χ4n) is 1.59. The van der Waals surface area contributed by atoms with Gasteiger partial charge in [-0.15, -0.1) is 0 Å². The lowest BCUT2D eigenvalue weighted by Gasteiger charge is -2.07. The number of hydrogen-bond acceptors (Lipinski definition) is 4. The zero-order valence-corrected chi connectivity index (χ0v) is 10.2. The van der Waals surface area contributed by atoms with Gasteiger partial charge in [-0.1, -0.05) is 29.8 Å². The van der Waals surface area contributed by atoms with Crippen LogP contribution in [0.15, 0.2) is 36.5 Å². The maximum absolute atomic E-state index is 10.8. The Morgan fingerprint density at radius 1 is 1.39 bits per heavy atom. The Labute approximate surface area is 108 Å². The van der Waals surface area contributed by atoms with Gasteiger partial charge in [0.15, 0.2) is 0 Å². The van der Waals surface area contributed by atoms with E-state index in [2.05, 4.69) is 4.98 Å². The van der Waals surface area contributed by atoms with Crippen molar-refractivity contribution in [2.45, 2.75) is 0 Å². The van der Waals surface area contributed by atoms with Crippen LogP contribution in [0, 0.1) is 10.1 Å². The first-order chi connectivity index (χ1) is 8.63. The number of halogens is 1. The van der Waals surface area contributed by atoms with Crippen molar-refractivity contribution in [3.05, 3.63) is 51.8 Å². The number of rotatable bonds is 3. The SMILES string of the molecule is COc1ccccc1-c1cnc(Cl)c([N+](=O)[O-])c1. The van der Waals surface area contributed by atoms with Crippen molar-refractivity contribution in [3.8, 4) is 16.9 Å². The van der Waals surface area contributed by atoms with Crippen LogP contribution in [0.25, 0.3) is 11.1 Å². The van der Waals surface area contributed by atoms with Gasteiger partial charge in [-0.05, 0) is 6.07 Å². The third kappa shape index (κ3) is 2.26. The highest BCUT2D eigenvalue weighted by molar-refractivity contribution is 6.31. The van der Waals surface area contributed by atoms with Crippen molar-refractivity contribution in [1.29, 1.82) is 0 Å². The molecule has 0 radical (unpaired) electrons. The molecule has 0 saturated heterocycles. The molecule has 0 bridgehead atoms. The highest BCUT2D eigenvalue weighted by atomic mass is 35.5. The van der Waals surface area contributed by atoms with Crippen LogP contribution in [-0.4, -0.2) is 17.0 Å². The largest absolute Gasteiger partial charge is 0.496 e. The van der Waals surface area contributed by atoms with E-state index in [1.54, 1.807) is 12.1 Å². The highest BCUT2D eigenvalue weighted by Crippen LogP contribution is 2.33. The Hall–Kier alpha value is -2.14. The van der Waals surface area contributed by atoms with Gasteiger partial charge in [0.2, 0.25) is 5.15 Å². The van der Waals surface area contributed by atoms with Crippen LogP contribution in [0.3, 0.4) is 0 Å². The molecule has 18 heavy (non-hydrogen) atoms. The van der Waals surface area contributed by atoms with Crippen molar-refractivity contribution in [2.75, 3.05) is 7.11 Å². The predicted octanol–water partition coefficient (Wildman–Crippen LogP) is 3.32. The van der Waals surface area contributed by atoms with Crippen LogP contribution in [0.4, 0.5) is 5.69 Å². The number of ether oxygens (including phenoxy) is 1. The number of pyridine rings is 1. The van der Waals surface area contributed by atoms with E-state index < -0.39 is 4.92 Å². The molecule has 0 spiro atoms. The van der Waals surface area contributed by atoms with Crippen LogP contribution in [0.2, 0.25) is 5.15 Å². The molecule has 2 aromatic rings. The second kappa shape index (κ2) is 5.01. The van der Waals surface area contributed by atoms with Crippen molar-refractivity contribution in [2.24, 2.45) is 0 Å². The van der Waals surface area contributed by atoms with Gasteiger partial charge in [-0.2, -0.15) is 0 Å². The number of hydrogen-bond donors (Lipinski definition) is 0. The van der Waals surface area contributed by atoms with Crippen molar-refractivity contribution < 1.29 is 9.66 Å². The van der Waals surface area contributed by atoms with Gasteiger partial charge in [0.1, 0.15) is 5.75 Å². The van der Waals surface area contributed by atoms with Crippen LogP contribution < -0.4 is 4.74 Å². The molecule has 0 aliphatic heterocycles. The van der Waals surface area contributed by atoms with Crippen LogP contribution in [-0.2, 0) is 0 Å². The minimum atomic E-state index is -0.561. The van der Waals surface area contributed by atoms with E-state index >= 15 is 0 Å². The standard InChI is InChI=1S/C12H9ClN2O3/c1-18-11-5-3-2-4-9(11)8-6-10(15(16)17)12(13)14-7-8/h2-7H,1H3. The van der Waals surface area contributed by atoms with Crippen LogP contribution in [0.5, 0.6) is 5.75 Å². The van der Waals surface area contributed by atoms with Crippen LogP contribution >= 0.6 is 11.6 Å². The lowest BCUT2D eigenvalue weighted by Crippen LogP contribution is -1.93. The lowest BCUT2D eigenvalue weighted by atomic mass is 10.1. The molecule has 0 amide bonds. The average Bonchev–Trinajstić information content (AvgIpc) is 2.39. The summed E-state index contributed by atoms with van der Waals surface area (Å²) < 4.78 is 5.20. The lowest BCUT2D eigenvalue weighted by molar-refractivity contribution is -0.385. The molecule has 0 fully saturated rings. The fraction of sp³-hybridized carbons (Fsp3) is 0.0833. The monoisotopic (exact) mass is 264 g/mol. The topological polar surface area (TPSA) is 65.3 Å². The molecule has 0 aliphatic rings. The number of aromatic nitrogens is 1. The summed E-state index contributed by atoms with van der Waals surface area (Å²) in [7, 11) is 1.54. The number of benzene rings is 1. The molecular weight excluding hydrogens is 256 g/mol. The van der Waals surface area contributed by atoms with Crippen molar-refractivity contribution in [1.82, 2.24) is 4.98 Å². The highest BCUT2D eigenvalue weighted by Gasteiger charge is 2.16. The summed E-state index contributed by atoms with van der Waals surface area (Å²) in [4.78, 5) is 14.1. The molecule has 0 aliphatic carbocycles. The predicted molar refractivity (Wildman–Crippen MR) is 67.9 cm³/mol. The van der Waals surface area contributed by atoms with Crippen molar-refractivity contribution >= 4 is 17.3 Å². The van der Waals surface area contributed by atoms with Crippen LogP contribution in [0.1, 0.15) is 0 Å². The maximum Gasteiger partial charge on any atom is 0.307 e. The second-order valence-electron chi connectivity index (χ2n) is 3.49. The molecule has 0 saturated carbocycles. The number of methoxy groups -OCH3 is 1. The Bertz CT molecular complexity index is 602. The zero-order valence-electron chi connectivity index (χ0n) is 9.46. The third-order valence-electron chi connectivity index (χ3n) is 2.44. The summed E-state index contributed by atoms with van der Waals surface area (Å²) >= 11 is 5.67. The minimum Gasteiger partial charge on any atom is -0.496 e. The molecule has 1 aromatic heterocycles. The first-order valence-electron chi connectivity index (χ1n) is 5.07. The van der Waals surface area contributed by atoms with E-state index in [4.69, 9.17) is 16.3 Å². The van der Waals surface area contributed by atoms with Gasteiger partial charge < -0.3 is 4.74 Å². The molecule has 2 rings (SSSR count). The molecule has 92 valence electrons. The normalized spacial score (nSPS) is 10.1. The summed E-state index contributed by atoms with van der Waals surface area (Å²) in [5.41, 5.74) is 1.09. The van der Waals surface area contributed by atoms with E-state index in [0.717, 1.165) is 5.56 Å². The molecule has 0 unspecified atom stereocenters. The van der Waals surface area contributed by atoms with Gasteiger partial charge in [-0.25, -0.2) is 4.98 Å². The number of nitro groups is 1. The molecule has 0 N–H and O–H groups in total. The first kappa shape index (κ1) is 12.3. The summed E-state index contributed by atoms with van der Waals surface area (Å²) in [6.07, 6.45) is 1.48. The smallest absolute Gasteiger partial charge is 0.307 e. The van der Waals surface area contributed by atoms with E-state index in [0.29, 0.717) is 11.3 Å². The van der Waals surface area contributed by atoms with E-state index in [1.165, 1.54) is 19.4 Å². The Balaban J connectivity index is 2.58. The third-order valence-corrected chi connectivity index (χ3v) is 2.73. The van der Waals surface area contributed by atoms with Gasteiger partial charge in [0.05, 0.1) is 12.0 Å². The summed E-state index contributed by atoms with van der Waals surface area (Å²) in [6.45, 7) is 0. The molecular formula is C12H9ClN2O3. The van der Waals surface area contributed by atoms with Gasteiger partial charge in [-0.3, -0.25) is 10.1 Å². The van der Waals surface area contributed by atoms with E-state index in [-0.39, 0.29) is 10.8 Å². The summed E-state index contributed by atoms with van der Waals surface area (Å²) in [5, 5.41) is 10.7. The summed E-state index contributed by atoms with van der Waals surface area (Å²) in [6, 6.07) is 8.59. The maximum atomic E-state index is 10.8. The molecule has 1 aromatic carbocycles. The van der Waals surface area contributed by atoms with E-state index in [9.17, 15) is 10.1 Å². The quantitative estimate of drug-likeness (QED) is 0.485. The Kier molecular flexibility index (Phi) is 3.43. The fourth-order valence-corrected chi connectivity index (χ4v) is 1.77. The van der Waals surface area contributed by atoms with Crippen molar-refractivity contribution in [3.63, 3.8) is 0 Å². The Morgan fingerprint density at radius 2 is 2.11 bits per heavy atom. The molecule has 1 heterocycles. The molecule has 0 atom stereocenters. The van der Waals surface area contributed by atoms with Gasteiger partial charge in [0.25, 0.3) is 0 Å². The Morgan fingerprint density at radius 3 is 2.78 bits per heavy atom. The van der Waals surface area contributed by atoms with E-state index in [1.807, 2.05) is 12.1 Å². The zero-order chi connectivity index (χ0) is 13.1. The second-order valence-corrected chi connectivity index (χ2v) is 3.85. The minimum absolute atomic E-state index is 0.126. The first-order valence-corrected chi connectivity index (χ1v) is 5.44. The number of para-hydroxylation sites is 1. The molecule has 5 nitrogen and oxygen atoms in total. The van der Waals surface area contributed by atoms with Gasteiger partial charge >= 0.3 is 5.69 Å². The molecule has 6 heteroatoms. The average molecular weight is 265 g/mol. The number of nitrogens with zero attached hydrogens (tertiary/aromatic N) is 2.